The number of nitrogens with two attached hydrogens (primary N) is 1. The first-order valence-corrected chi connectivity index (χ1v) is 6.06. The van der Waals surface area contributed by atoms with Crippen LogP contribution in [0.2, 0.25) is 0 Å². The first-order chi connectivity index (χ1) is 9.18. The average Bonchev–Trinajstić information content (AvgIpc) is 2.74. The van der Waals surface area contributed by atoms with Crippen molar-refractivity contribution >= 4 is 16.9 Å². The van der Waals surface area contributed by atoms with Gasteiger partial charge in [-0.25, -0.2) is 4.98 Å². The quantitative estimate of drug-likeness (QED) is 0.542. The molecule has 0 bridgehead atoms. The summed E-state index contributed by atoms with van der Waals surface area (Å²) in [6.45, 7) is 1.96. The van der Waals surface area contributed by atoms with Gasteiger partial charge in [0.1, 0.15) is 11.7 Å². The van der Waals surface area contributed by atoms with Crippen molar-refractivity contribution in [3.63, 3.8) is 0 Å². The molecule has 0 amide bonds. The third-order valence-electron chi connectivity index (χ3n) is 3.16. The van der Waals surface area contributed by atoms with E-state index in [2.05, 4.69) is 4.98 Å². The van der Waals surface area contributed by atoms with Crippen molar-refractivity contribution in [1.82, 2.24) is 9.55 Å². The molecule has 0 aliphatic carbocycles. The van der Waals surface area contributed by atoms with Gasteiger partial charge < -0.3 is 5.73 Å². The Labute approximate surface area is 111 Å². The fourth-order valence-corrected chi connectivity index (χ4v) is 2.35. The van der Waals surface area contributed by atoms with Crippen molar-refractivity contribution in [3.8, 4) is 5.69 Å². The molecule has 2 aromatic carbocycles. The zero-order valence-corrected chi connectivity index (χ0v) is 10.6. The molecule has 0 saturated heterocycles. The Kier molecular flexibility index (Phi) is 2.56. The molecule has 0 aliphatic rings. The summed E-state index contributed by atoms with van der Waals surface area (Å²) in [7, 11) is 0. The monoisotopic (exact) mass is 250 g/mol. The second kappa shape index (κ2) is 4.24. The number of nitrogens with zero attached hydrogens (tertiary/aromatic N) is 2. The Morgan fingerprint density at radius 3 is 2.58 bits per heavy atom. The molecule has 94 valence electrons. The van der Waals surface area contributed by atoms with Crippen LogP contribution in [0.4, 0.5) is 0 Å². The smallest absolute Gasteiger partial charge is 0.124 e. The lowest BCUT2D eigenvalue weighted by atomic mass is 10.1. The van der Waals surface area contributed by atoms with Crippen LogP contribution in [0.15, 0.2) is 48.5 Å². The van der Waals surface area contributed by atoms with Gasteiger partial charge in [-0.3, -0.25) is 9.98 Å². The molecule has 0 fully saturated rings. The molecule has 19 heavy (non-hydrogen) atoms. The lowest BCUT2D eigenvalue weighted by molar-refractivity contribution is 0.997. The third-order valence-corrected chi connectivity index (χ3v) is 3.16. The number of hydrogen-bond acceptors (Lipinski definition) is 2. The maximum Gasteiger partial charge on any atom is 0.124 e. The number of aryl methyl sites for hydroxylation is 1. The molecule has 3 rings (SSSR count). The van der Waals surface area contributed by atoms with Crippen LogP contribution in [0.25, 0.3) is 16.7 Å². The van der Waals surface area contributed by atoms with E-state index < -0.39 is 0 Å². The van der Waals surface area contributed by atoms with E-state index in [9.17, 15) is 0 Å². The van der Waals surface area contributed by atoms with Gasteiger partial charge in [0.2, 0.25) is 0 Å². The number of nitrogens with one attached hydrogen (secondary N) is 1. The van der Waals surface area contributed by atoms with Gasteiger partial charge in [0.15, 0.2) is 0 Å². The molecular formula is C15H14N4. The Morgan fingerprint density at radius 2 is 1.79 bits per heavy atom. The summed E-state index contributed by atoms with van der Waals surface area (Å²) in [5.74, 6) is 0.947. The number of fused-ring (bicyclic) bond motifs is 1. The van der Waals surface area contributed by atoms with Crippen molar-refractivity contribution in [2.75, 3.05) is 0 Å². The Hall–Kier alpha value is -2.62. The zero-order chi connectivity index (χ0) is 13.4. The van der Waals surface area contributed by atoms with E-state index in [1.54, 1.807) is 0 Å². The minimum atomic E-state index is 0.0628. The molecule has 1 aromatic heterocycles. The lowest BCUT2D eigenvalue weighted by Gasteiger charge is -2.11. The highest BCUT2D eigenvalue weighted by molar-refractivity contribution is 5.99. The van der Waals surface area contributed by atoms with Crippen LogP contribution in [0.3, 0.4) is 0 Å². The van der Waals surface area contributed by atoms with Crippen LogP contribution in [-0.4, -0.2) is 15.4 Å². The van der Waals surface area contributed by atoms with Crippen LogP contribution in [-0.2, 0) is 0 Å². The van der Waals surface area contributed by atoms with E-state index in [1.807, 2.05) is 60.0 Å². The maximum absolute atomic E-state index is 7.70. The highest BCUT2D eigenvalue weighted by atomic mass is 15.1. The maximum atomic E-state index is 7.70. The highest BCUT2D eigenvalue weighted by Crippen LogP contribution is 2.23. The van der Waals surface area contributed by atoms with Crippen LogP contribution in [0.5, 0.6) is 0 Å². The summed E-state index contributed by atoms with van der Waals surface area (Å²) < 4.78 is 2.03. The summed E-state index contributed by atoms with van der Waals surface area (Å²) in [5.41, 5.74) is 9.24. The Morgan fingerprint density at radius 1 is 1.11 bits per heavy atom. The SMILES string of the molecule is Cc1nc2ccccc2n1-c1ccccc1C(=N)N. The van der Waals surface area contributed by atoms with Gasteiger partial charge in [-0.15, -0.1) is 0 Å². The molecule has 0 saturated carbocycles. The molecule has 0 radical (unpaired) electrons. The van der Waals surface area contributed by atoms with Crippen molar-refractivity contribution in [2.45, 2.75) is 6.92 Å². The first kappa shape index (κ1) is 11.5. The number of amidine groups is 1. The first-order valence-electron chi connectivity index (χ1n) is 6.06. The fraction of sp³-hybridized carbons (Fsp3) is 0.0667. The summed E-state index contributed by atoms with van der Waals surface area (Å²) in [6, 6.07) is 15.6. The topological polar surface area (TPSA) is 67.7 Å². The molecule has 0 unspecified atom stereocenters. The summed E-state index contributed by atoms with van der Waals surface area (Å²) in [6.07, 6.45) is 0. The van der Waals surface area contributed by atoms with Gasteiger partial charge in [0.25, 0.3) is 0 Å². The standard InChI is InChI=1S/C15H14N4/c1-10-18-12-7-3-5-9-14(12)19(10)13-8-4-2-6-11(13)15(16)17/h2-9H,1H3,(H3,16,17). The van der Waals surface area contributed by atoms with Crippen molar-refractivity contribution in [2.24, 2.45) is 5.73 Å². The Balaban J connectivity index is 2.37. The number of imidazole rings is 1. The Bertz CT molecular complexity index is 771. The number of rotatable bonds is 2. The van der Waals surface area contributed by atoms with Gasteiger partial charge in [0.05, 0.1) is 16.7 Å². The van der Waals surface area contributed by atoms with Gasteiger partial charge in [-0.05, 0) is 31.2 Å². The molecule has 0 atom stereocenters. The third kappa shape index (κ3) is 1.78. The normalized spacial score (nSPS) is 10.8. The highest BCUT2D eigenvalue weighted by Gasteiger charge is 2.12. The lowest BCUT2D eigenvalue weighted by Crippen LogP contribution is -2.15. The molecule has 4 nitrogen and oxygen atoms in total. The molecule has 0 spiro atoms. The fourth-order valence-electron chi connectivity index (χ4n) is 2.35. The van der Waals surface area contributed by atoms with E-state index in [-0.39, 0.29) is 5.84 Å². The van der Waals surface area contributed by atoms with E-state index >= 15 is 0 Å². The minimum Gasteiger partial charge on any atom is -0.384 e. The summed E-state index contributed by atoms with van der Waals surface area (Å²) in [5, 5.41) is 7.70. The van der Waals surface area contributed by atoms with Crippen LogP contribution in [0.1, 0.15) is 11.4 Å². The van der Waals surface area contributed by atoms with Crippen LogP contribution in [0, 0.1) is 12.3 Å². The van der Waals surface area contributed by atoms with E-state index in [0.717, 1.165) is 22.5 Å². The van der Waals surface area contributed by atoms with Gasteiger partial charge in [-0.1, -0.05) is 24.3 Å². The van der Waals surface area contributed by atoms with E-state index in [1.165, 1.54) is 0 Å². The minimum absolute atomic E-state index is 0.0628. The number of para-hydroxylation sites is 3. The van der Waals surface area contributed by atoms with Crippen molar-refractivity contribution in [1.29, 1.82) is 5.41 Å². The molecule has 1 heterocycles. The van der Waals surface area contributed by atoms with Crippen LogP contribution >= 0.6 is 0 Å². The molecule has 3 N–H and O–H groups in total. The average molecular weight is 250 g/mol. The predicted octanol–water partition coefficient (Wildman–Crippen LogP) is 2.62. The van der Waals surface area contributed by atoms with Gasteiger partial charge >= 0.3 is 0 Å². The van der Waals surface area contributed by atoms with E-state index in [4.69, 9.17) is 11.1 Å². The van der Waals surface area contributed by atoms with Crippen LogP contribution < -0.4 is 5.73 Å². The molecular weight excluding hydrogens is 236 g/mol. The van der Waals surface area contributed by atoms with Crippen molar-refractivity contribution in [3.05, 3.63) is 59.9 Å². The number of aromatic nitrogens is 2. The molecule has 3 aromatic rings. The predicted molar refractivity (Wildman–Crippen MR) is 76.8 cm³/mol. The largest absolute Gasteiger partial charge is 0.384 e. The zero-order valence-electron chi connectivity index (χ0n) is 10.6. The summed E-state index contributed by atoms with van der Waals surface area (Å²) in [4.78, 5) is 4.54. The second-order valence-electron chi connectivity index (χ2n) is 4.41. The second-order valence-corrected chi connectivity index (χ2v) is 4.41. The summed E-state index contributed by atoms with van der Waals surface area (Å²) >= 11 is 0. The number of benzene rings is 2. The van der Waals surface area contributed by atoms with Crippen molar-refractivity contribution < 1.29 is 0 Å². The van der Waals surface area contributed by atoms with Gasteiger partial charge in [0, 0.05) is 5.56 Å². The van der Waals surface area contributed by atoms with E-state index in [0.29, 0.717) is 5.56 Å². The van der Waals surface area contributed by atoms with Gasteiger partial charge in [-0.2, -0.15) is 0 Å². The molecule has 0 aliphatic heterocycles. The number of hydrogen-bond donors (Lipinski definition) is 2. The molecule has 4 heteroatoms. The number of nitrogen functional groups attached to an aromatic ring is 1.